The van der Waals surface area contributed by atoms with Gasteiger partial charge in [-0.1, -0.05) is 13.8 Å². The van der Waals surface area contributed by atoms with Crippen LogP contribution in [-0.2, 0) is 13.6 Å². The fraction of sp³-hybridized carbons (Fsp3) is 0.350. The highest BCUT2D eigenvalue weighted by Crippen LogP contribution is 2.25. The summed E-state index contributed by atoms with van der Waals surface area (Å²) >= 11 is 1.66. The van der Waals surface area contributed by atoms with Gasteiger partial charge in [0.2, 0.25) is 0 Å². The Labute approximate surface area is 152 Å². The summed E-state index contributed by atoms with van der Waals surface area (Å²) in [5.74, 6) is 1.28. The van der Waals surface area contributed by atoms with Crippen LogP contribution in [0.25, 0.3) is 10.9 Å². The number of nitrogens with zero attached hydrogens (tertiary/aromatic N) is 2. The Hall–Kier alpha value is -2.27. The number of hydrogen-bond acceptors (Lipinski definition) is 3. The first-order chi connectivity index (χ1) is 12.0. The molecule has 2 heterocycles. The van der Waals surface area contributed by atoms with Gasteiger partial charge in [0, 0.05) is 31.0 Å². The largest absolute Gasteiger partial charge is 0.497 e. The molecule has 0 aliphatic rings. The third kappa shape index (κ3) is 3.71. The van der Waals surface area contributed by atoms with Gasteiger partial charge in [-0.05, 0) is 52.6 Å². The maximum Gasteiger partial charge on any atom is 0.270 e. The van der Waals surface area contributed by atoms with E-state index in [4.69, 9.17) is 4.74 Å². The number of carbonyl (C=O) groups excluding carboxylic acids is 1. The quantitative estimate of drug-likeness (QED) is 0.649. The van der Waals surface area contributed by atoms with E-state index in [1.165, 1.54) is 5.56 Å². The molecule has 0 unspecified atom stereocenters. The Morgan fingerprint density at radius 1 is 1.28 bits per heavy atom. The van der Waals surface area contributed by atoms with Gasteiger partial charge in [0.05, 0.1) is 7.11 Å². The normalized spacial score (nSPS) is 11.2. The smallest absolute Gasteiger partial charge is 0.270 e. The minimum Gasteiger partial charge on any atom is -0.497 e. The van der Waals surface area contributed by atoms with Crippen LogP contribution in [0.4, 0.5) is 0 Å². The molecule has 4 nitrogen and oxygen atoms in total. The number of amides is 1. The molecule has 0 bridgehead atoms. The molecule has 0 saturated carbocycles. The molecule has 0 saturated heterocycles. The molecular formula is C20H24N2O2S. The summed E-state index contributed by atoms with van der Waals surface area (Å²) < 4.78 is 7.27. The maximum absolute atomic E-state index is 13.2. The molecule has 0 aliphatic carbocycles. The zero-order chi connectivity index (χ0) is 18.0. The van der Waals surface area contributed by atoms with Crippen LogP contribution in [0.15, 0.2) is 41.1 Å². The number of aromatic nitrogens is 1. The van der Waals surface area contributed by atoms with E-state index in [1.807, 2.05) is 40.8 Å². The van der Waals surface area contributed by atoms with Crippen molar-refractivity contribution in [3.05, 3.63) is 52.3 Å². The number of hydrogen-bond donors (Lipinski definition) is 0. The van der Waals surface area contributed by atoms with Gasteiger partial charge < -0.3 is 14.2 Å². The lowest BCUT2D eigenvalue weighted by atomic mass is 10.1. The van der Waals surface area contributed by atoms with E-state index in [0.29, 0.717) is 18.2 Å². The van der Waals surface area contributed by atoms with Gasteiger partial charge in [0.15, 0.2) is 0 Å². The van der Waals surface area contributed by atoms with E-state index in [1.54, 1.807) is 18.4 Å². The van der Waals surface area contributed by atoms with Gasteiger partial charge >= 0.3 is 0 Å². The van der Waals surface area contributed by atoms with E-state index in [-0.39, 0.29) is 5.91 Å². The fourth-order valence-corrected chi connectivity index (χ4v) is 3.74. The predicted octanol–water partition coefficient (Wildman–Crippen LogP) is 4.55. The first kappa shape index (κ1) is 17.5. The van der Waals surface area contributed by atoms with Crippen LogP contribution in [0.3, 0.4) is 0 Å². The standard InChI is InChI=1S/C20H24N2O2S/c1-14(2)11-22(12-15-7-8-25-13-15)20(23)19-10-16-9-17(24-4)5-6-18(16)21(19)3/h5-10,13-14H,11-12H2,1-4H3. The van der Waals surface area contributed by atoms with Crippen molar-refractivity contribution in [2.24, 2.45) is 13.0 Å². The van der Waals surface area contributed by atoms with Crippen molar-refractivity contribution in [2.75, 3.05) is 13.7 Å². The summed E-state index contributed by atoms with van der Waals surface area (Å²) in [6.45, 7) is 5.66. The second-order valence-corrected chi connectivity index (χ2v) is 7.50. The van der Waals surface area contributed by atoms with Crippen molar-refractivity contribution in [3.63, 3.8) is 0 Å². The summed E-state index contributed by atoms with van der Waals surface area (Å²) in [4.78, 5) is 15.2. The lowest BCUT2D eigenvalue weighted by Crippen LogP contribution is -2.34. The zero-order valence-electron chi connectivity index (χ0n) is 15.2. The number of aryl methyl sites for hydroxylation is 1. The maximum atomic E-state index is 13.2. The highest BCUT2D eigenvalue weighted by Gasteiger charge is 2.21. The van der Waals surface area contributed by atoms with E-state index in [9.17, 15) is 4.79 Å². The fourth-order valence-electron chi connectivity index (χ4n) is 3.08. The minimum atomic E-state index is 0.0672. The molecule has 1 amide bonds. The molecule has 0 atom stereocenters. The molecule has 132 valence electrons. The number of carbonyl (C=O) groups is 1. The van der Waals surface area contributed by atoms with Gasteiger partial charge in [-0.15, -0.1) is 0 Å². The number of fused-ring (bicyclic) bond motifs is 1. The number of methoxy groups -OCH3 is 1. The Kier molecular flexibility index (Phi) is 5.13. The predicted molar refractivity (Wildman–Crippen MR) is 103 cm³/mol. The molecule has 3 aromatic rings. The number of ether oxygens (including phenoxy) is 1. The Bertz CT molecular complexity index is 865. The lowest BCUT2D eigenvalue weighted by Gasteiger charge is -2.24. The Morgan fingerprint density at radius 2 is 2.08 bits per heavy atom. The Balaban J connectivity index is 1.95. The summed E-state index contributed by atoms with van der Waals surface area (Å²) in [7, 11) is 3.60. The highest BCUT2D eigenvalue weighted by molar-refractivity contribution is 7.07. The van der Waals surface area contributed by atoms with Crippen molar-refractivity contribution in [2.45, 2.75) is 20.4 Å². The first-order valence-electron chi connectivity index (χ1n) is 8.43. The van der Waals surface area contributed by atoms with E-state index in [2.05, 4.69) is 30.7 Å². The van der Waals surface area contributed by atoms with Crippen LogP contribution in [0, 0.1) is 5.92 Å². The number of thiophene rings is 1. The van der Waals surface area contributed by atoms with Crippen LogP contribution >= 0.6 is 11.3 Å². The van der Waals surface area contributed by atoms with Crippen LogP contribution in [0.5, 0.6) is 5.75 Å². The Morgan fingerprint density at radius 3 is 2.72 bits per heavy atom. The highest BCUT2D eigenvalue weighted by atomic mass is 32.1. The molecular weight excluding hydrogens is 332 g/mol. The van der Waals surface area contributed by atoms with E-state index < -0.39 is 0 Å². The van der Waals surface area contributed by atoms with Crippen LogP contribution < -0.4 is 4.74 Å². The molecule has 0 spiro atoms. The molecule has 0 fully saturated rings. The van der Waals surface area contributed by atoms with Gasteiger partial charge in [-0.2, -0.15) is 11.3 Å². The van der Waals surface area contributed by atoms with Gasteiger partial charge in [-0.3, -0.25) is 4.79 Å². The van der Waals surface area contributed by atoms with Gasteiger partial charge in [0.25, 0.3) is 5.91 Å². The summed E-state index contributed by atoms with van der Waals surface area (Å²) in [5, 5.41) is 5.17. The van der Waals surface area contributed by atoms with Crippen molar-refractivity contribution in [3.8, 4) is 5.75 Å². The van der Waals surface area contributed by atoms with Crippen molar-refractivity contribution < 1.29 is 9.53 Å². The topological polar surface area (TPSA) is 34.5 Å². The van der Waals surface area contributed by atoms with Crippen LogP contribution in [0.2, 0.25) is 0 Å². The lowest BCUT2D eigenvalue weighted by molar-refractivity contribution is 0.0713. The number of benzene rings is 1. The molecule has 0 aliphatic heterocycles. The van der Waals surface area contributed by atoms with E-state index >= 15 is 0 Å². The van der Waals surface area contributed by atoms with Gasteiger partial charge in [-0.25, -0.2) is 0 Å². The van der Waals surface area contributed by atoms with Crippen LogP contribution in [-0.4, -0.2) is 29.0 Å². The van der Waals surface area contributed by atoms with Crippen molar-refractivity contribution in [1.29, 1.82) is 0 Å². The monoisotopic (exact) mass is 356 g/mol. The molecule has 2 aromatic heterocycles. The molecule has 3 rings (SSSR count). The molecule has 1 aromatic carbocycles. The SMILES string of the molecule is COc1ccc2c(c1)cc(C(=O)N(Cc1ccsc1)CC(C)C)n2C. The summed E-state index contributed by atoms with van der Waals surface area (Å²) in [6, 6.07) is 9.93. The average Bonchev–Trinajstić information content (AvgIpc) is 3.21. The van der Waals surface area contributed by atoms with Crippen LogP contribution in [0.1, 0.15) is 29.9 Å². The van der Waals surface area contributed by atoms with Crippen molar-refractivity contribution >= 4 is 28.1 Å². The first-order valence-corrected chi connectivity index (χ1v) is 9.37. The van der Waals surface area contributed by atoms with E-state index in [0.717, 1.165) is 23.2 Å². The third-order valence-corrected chi connectivity index (χ3v) is 5.03. The average molecular weight is 356 g/mol. The molecule has 0 N–H and O–H groups in total. The zero-order valence-corrected chi connectivity index (χ0v) is 16.0. The van der Waals surface area contributed by atoms with Crippen molar-refractivity contribution in [1.82, 2.24) is 9.47 Å². The minimum absolute atomic E-state index is 0.0672. The second kappa shape index (κ2) is 7.31. The summed E-state index contributed by atoms with van der Waals surface area (Å²) in [6.07, 6.45) is 0. The third-order valence-electron chi connectivity index (χ3n) is 4.30. The summed E-state index contributed by atoms with van der Waals surface area (Å²) in [5.41, 5.74) is 2.92. The molecule has 25 heavy (non-hydrogen) atoms. The van der Waals surface area contributed by atoms with Gasteiger partial charge in [0.1, 0.15) is 11.4 Å². The second-order valence-electron chi connectivity index (χ2n) is 6.72. The molecule has 0 radical (unpaired) electrons. The molecule has 5 heteroatoms. The number of rotatable bonds is 6.